The van der Waals surface area contributed by atoms with Gasteiger partial charge in [0.2, 0.25) is 5.91 Å². The van der Waals surface area contributed by atoms with Gasteiger partial charge in [-0.2, -0.15) is 0 Å². The molecule has 5 heteroatoms. The molecule has 1 aliphatic heterocycles. The zero-order valence-electron chi connectivity index (χ0n) is 11.3. The second kappa shape index (κ2) is 6.89. The van der Waals surface area contributed by atoms with Gasteiger partial charge in [-0.05, 0) is 44.9 Å². The second-order valence-electron chi connectivity index (χ2n) is 5.55. The molecule has 2 rings (SSSR count). The summed E-state index contributed by atoms with van der Waals surface area (Å²) in [6, 6.07) is 0. The van der Waals surface area contributed by atoms with Gasteiger partial charge in [0.1, 0.15) is 0 Å². The summed E-state index contributed by atoms with van der Waals surface area (Å²) in [6.45, 7) is 1.49. The van der Waals surface area contributed by atoms with E-state index in [0.29, 0.717) is 25.5 Å². The molecular formula is C14H23NO4. The Balaban J connectivity index is 1.57. The molecule has 1 saturated carbocycles. The van der Waals surface area contributed by atoms with Crippen molar-refractivity contribution in [2.45, 2.75) is 51.0 Å². The van der Waals surface area contributed by atoms with Gasteiger partial charge in [0.25, 0.3) is 0 Å². The van der Waals surface area contributed by atoms with E-state index in [-0.39, 0.29) is 11.8 Å². The first-order valence-corrected chi connectivity index (χ1v) is 7.30. The Hall–Kier alpha value is -1.10. The van der Waals surface area contributed by atoms with Crippen LogP contribution in [0.2, 0.25) is 0 Å². The van der Waals surface area contributed by atoms with Gasteiger partial charge in [-0.1, -0.05) is 0 Å². The fourth-order valence-electron chi connectivity index (χ4n) is 2.82. The minimum Gasteiger partial charge on any atom is -0.481 e. The predicted octanol–water partition coefficient (Wildman–Crippen LogP) is 1.56. The monoisotopic (exact) mass is 269 g/mol. The van der Waals surface area contributed by atoms with Crippen molar-refractivity contribution >= 4 is 11.9 Å². The topological polar surface area (TPSA) is 75.6 Å². The first kappa shape index (κ1) is 14.3. The van der Waals surface area contributed by atoms with E-state index in [9.17, 15) is 9.59 Å². The van der Waals surface area contributed by atoms with E-state index in [4.69, 9.17) is 9.84 Å². The van der Waals surface area contributed by atoms with E-state index in [1.54, 1.807) is 0 Å². The number of carboxylic acid groups (broad SMARTS) is 1. The molecule has 108 valence electrons. The van der Waals surface area contributed by atoms with Crippen LogP contribution >= 0.6 is 0 Å². The zero-order valence-corrected chi connectivity index (χ0v) is 11.3. The number of nitrogens with one attached hydrogen (secondary N) is 1. The highest BCUT2D eigenvalue weighted by molar-refractivity contribution is 5.86. The van der Waals surface area contributed by atoms with Gasteiger partial charge in [-0.3, -0.25) is 9.59 Å². The van der Waals surface area contributed by atoms with Crippen molar-refractivity contribution in [3.8, 4) is 0 Å². The van der Waals surface area contributed by atoms with E-state index < -0.39 is 11.9 Å². The number of aliphatic carboxylic acids is 1. The zero-order chi connectivity index (χ0) is 13.7. The summed E-state index contributed by atoms with van der Waals surface area (Å²) in [5.74, 6) is -1.73. The molecule has 0 aromatic carbocycles. The summed E-state index contributed by atoms with van der Waals surface area (Å²) in [7, 11) is 0. The maximum absolute atomic E-state index is 11.8. The van der Waals surface area contributed by atoms with Crippen molar-refractivity contribution in [1.29, 1.82) is 0 Å². The van der Waals surface area contributed by atoms with Gasteiger partial charge in [0, 0.05) is 13.2 Å². The van der Waals surface area contributed by atoms with E-state index in [1.165, 1.54) is 6.42 Å². The molecule has 2 N–H and O–H groups in total. The molecule has 19 heavy (non-hydrogen) atoms. The lowest BCUT2D eigenvalue weighted by atomic mass is 9.73. The Kier molecular flexibility index (Phi) is 5.19. The number of amides is 1. The Morgan fingerprint density at radius 1 is 1.16 bits per heavy atom. The van der Waals surface area contributed by atoms with Crippen molar-refractivity contribution in [2.75, 3.05) is 13.2 Å². The number of carbonyl (C=O) groups is 2. The van der Waals surface area contributed by atoms with Gasteiger partial charge in [0.05, 0.1) is 17.9 Å². The molecule has 5 nitrogen and oxygen atoms in total. The molecule has 3 atom stereocenters. The third-order valence-corrected chi connectivity index (χ3v) is 4.20. The van der Waals surface area contributed by atoms with Crippen LogP contribution in [0.15, 0.2) is 0 Å². The Labute approximate surface area is 113 Å². The van der Waals surface area contributed by atoms with Crippen LogP contribution in [0, 0.1) is 11.8 Å². The van der Waals surface area contributed by atoms with Gasteiger partial charge in [-0.15, -0.1) is 0 Å². The summed E-state index contributed by atoms with van der Waals surface area (Å²) in [6.07, 6.45) is 7.08. The van der Waals surface area contributed by atoms with E-state index >= 15 is 0 Å². The van der Waals surface area contributed by atoms with E-state index in [2.05, 4.69) is 5.32 Å². The fraction of sp³-hybridized carbons (Fsp3) is 0.857. The van der Waals surface area contributed by atoms with Crippen molar-refractivity contribution < 1.29 is 19.4 Å². The van der Waals surface area contributed by atoms with Crippen LogP contribution in [0.3, 0.4) is 0 Å². The van der Waals surface area contributed by atoms with Gasteiger partial charge < -0.3 is 15.2 Å². The molecule has 0 bridgehead atoms. The molecule has 1 saturated heterocycles. The van der Waals surface area contributed by atoms with Crippen molar-refractivity contribution in [2.24, 2.45) is 11.8 Å². The number of ether oxygens (including phenoxy) is 1. The fourth-order valence-corrected chi connectivity index (χ4v) is 2.82. The Morgan fingerprint density at radius 3 is 2.53 bits per heavy atom. The third kappa shape index (κ3) is 3.93. The molecule has 1 aliphatic carbocycles. The lowest BCUT2D eigenvalue weighted by Gasteiger charge is -2.32. The average molecular weight is 269 g/mol. The van der Waals surface area contributed by atoms with Crippen LogP contribution in [0.4, 0.5) is 0 Å². The molecule has 0 spiro atoms. The normalized spacial score (nSPS) is 30.4. The largest absolute Gasteiger partial charge is 0.481 e. The standard InChI is InChI=1S/C14H23NO4/c16-13(11-6-7-12(11)14(17)18)15-8-3-5-10-4-1-2-9-19-10/h10-12H,1-9H2,(H,15,16)(H,17,18). The lowest BCUT2D eigenvalue weighted by Crippen LogP contribution is -2.44. The SMILES string of the molecule is O=C(O)C1CCC1C(=O)NCCCC1CCCCO1. The highest BCUT2D eigenvalue weighted by atomic mass is 16.5. The smallest absolute Gasteiger partial charge is 0.307 e. The highest BCUT2D eigenvalue weighted by Gasteiger charge is 2.41. The van der Waals surface area contributed by atoms with Crippen molar-refractivity contribution in [3.63, 3.8) is 0 Å². The van der Waals surface area contributed by atoms with Crippen molar-refractivity contribution in [3.05, 3.63) is 0 Å². The first-order valence-electron chi connectivity index (χ1n) is 7.30. The summed E-state index contributed by atoms with van der Waals surface area (Å²) >= 11 is 0. The third-order valence-electron chi connectivity index (χ3n) is 4.20. The van der Waals surface area contributed by atoms with E-state index in [1.807, 2.05) is 0 Å². The number of hydrogen-bond acceptors (Lipinski definition) is 3. The highest BCUT2D eigenvalue weighted by Crippen LogP contribution is 2.34. The Morgan fingerprint density at radius 2 is 1.95 bits per heavy atom. The van der Waals surface area contributed by atoms with Crippen LogP contribution in [0.5, 0.6) is 0 Å². The summed E-state index contributed by atoms with van der Waals surface area (Å²) in [4.78, 5) is 22.6. The number of carbonyl (C=O) groups excluding carboxylic acids is 1. The second-order valence-corrected chi connectivity index (χ2v) is 5.55. The quantitative estimate of drug-likeness (QED) is 0.718. The number of rotatable bonds is 6. The van der Waals surface area contributed by atoms with Gasteiger partial charge >= 0.3 is 5.97 Å². The van der Waals surface area contributed by atoms with Crippen LogP contribution in [-0.2, 0) is 14.3 Å². The summed E-state index contributed by atoms with van der Waals surface area (Å²) < 4.78 is 5.62. The Bertz CT molecular complexity index is 325. The molecule has 3 unspecified atom stereocenters. The van der Waals surface area contributed by atoms with E-state index in [0.717, 1.165) is 32.3 Å². The lowest BCUT2D eigenvalue weighted by molar-refractivity contribution is -0.152. The maximum atomic E-state index is 11.8. The summed E-state index contributed by atoms with van der Waals surface area (Å²) in [5, 5.41) is 11.7. The van der Waals surface area contributed by atoms with Crippen LogP contribution in [0.25, 0.3) is 0 Å². The van der Waals surface area contributed by atoms with Crippen molar-refractivity contribution in [1.82, 2.24) is 5.32 Å². The molecule has 1 heterocycles. The molecule has 2 aliphatic rings. The maximum Gasteiger partial charge on any atom is 0.307 e. The summed E-state index contributed by atoms with van der Waals surface area (Å²) in [5.41, 5.74) is 0. The van der Waals surface area contributed by atoms with Gasteiger partial charge in [-0.25, -0.2) is 0 Å². The van der Waals surface area contributed by atoms with Gasteiger partial charge in [0.15, 0.2) is 0 Å². The molecular weight excluding hydrogens is 246 g/mol. The molecule has 0 aromatic heterocycles. The number of hydrogen-bond donors (Lipinski definition) is 2. The first-order chi connectivity index (χ1) is 9.18. The molecule has 2 fully saturated rings. The van der Waals surface area contributed by atoms with Crippen LogP contribution in [0.1, 0.15) is 44.9 Å². The minimum atomic E-state index is -0.845. The molecule has 1 amide bonds. The van der Waals surface area contributed by atoms with Crippen LogP contribution < -0.4 is 5.32 Å². The minimum absolute atomic E-state index is 0.0942. The molecule has 0 aromatic rings. The average Bonchev–Trinajstić information content (AvgIpc) is 2.34. The van der Waals surface area contributed by atoms with Crippen LogP contribution in [-0.4, -0.2) is 36.2 Å². The number of carboxylic acids is 1. The molecule has 0 radical (unpaired) electrons. The predicted molar refractivity (Wildman–Crippen MR) is 69.7 cm³/mol.